The zero-order valence-electron chi connectivity index (χ0n) is 19.0. The van der Waals surface area contributed by atoms with Gasteiger partial charge in [0.25, 0.3) is 11.8 Å². The topological polar surface area (TPSA) is 59.5 Å². The van der Waals surface area contributed by atoms with Crippen LogP contribution in [0, 0.1) is 17.5 Å². The number of halogens is 5. The summed E-state index contributed by atoms with van der Waals surface area (Å²) in [5, 5.41) is 0.542. The molecule has 0 unspecified atom stereocenters. The van der Waals surface area contributed by atoms with Gasteiger partial charge in [-0.15, -0.1) is 0 Å². The van der Waals surface area contributed by atoms with Crippen LogP contribution in [0.4, 0.5) is 22.0 Å². The highest BCUT2D eigenvalue weighted by Gasteiger charge is 2.36. The van der Waals surface area contributed by atoms with E-state index in [0.29, 0.717) is 22.3 Å². The molecule has 0 radical (unpaired) electrons. The minimum absolute atomic E-state index is 0.0427. The summed E-state index contributed by atoms with van der Waals surface area (Å²) in [6.07, 6.45) is -0.866. The molecule has 1 aliphatic heterocycles. The Morgan fingerprint density at radius 1 is 0.889 bits per heavy atom. The highest BCUT2D eigenvalue weighted by atomic mass is 19.3. The van der Waals surface area contributed by atoms with Crippen LogP contribution in [0.1, 0.15) is 29.0 Å². The lowest BCUT2D eigenvalue weighted by molar-refractivity contribution is -0.0494. The van der Waals surface area contributed by atoms with E-state index in [9.17, 15) is 22.4 Å². The van der Waals surface area contributed by atoms with Crippen LogP contribution < -0.4 is 5.73 Å². The van der Waals surface area contributed by atoms with Gasteiger partial charge >= 0.3 is 0 Å². The van der Waals surface area contributed by atoms with E-state index < -0.39 is 42.1 Å². The average molecular weight is 500 g/mol. The molecular formula is C27H21F5N2O2. The maximum atomic E-state index is 15.3. The number of rotatable bonds is 4. The number of hydrogen-bond donors (Lipinski definition) is 1. The fraction of sp³-hybridized carbons (Fsp3) is 0.222. The highest BCUT2D eigenvalue weighted by molar-refractivity contribution is 5.98. The van der Waals surface area contributed by atoms with E-state index in [0.717, 1.165) is 18.2 Å². The number of hydrogen-bond acceptors (Lipinski definition) is 3. The largest absolute Gasteiger partial charge is 0.459 e. The first-order valence-electron chi connectivity index (χ1n) is 11.3. The molecule has 0 bridgehead atoms. The Morgan fingerprint density at radius 2 is 1.58 bits per heavy atom. The number of nitrogens with zero attached hydrogens (tertiary/aromatic N) is 1. The summed E-state index contributed by atoms with van der Waals surface area (Å²) in [4.78, 5) is 14.0. The lowest BCUT2D eigenvalue weighted by atomic mass is 9.95. The molecule has 0 atom stereocenters. The van der Waals surface area contributed by atoms with Gasteiger partial charge in [-0.1, -0.05) is 6.07 Å². The van der Waals surface area contributed by atoms with Gasteiger partial charge in [-0.25, -0.2) is 22.0 Å². The second-order valence-corrected chi connectivity index (χ2v) is 8.83. The molecule has 4 aromatic rings. The molecule has 186 valence electrons. The molecule has 0 aliphatic carbocycles. The summed E-state index contributed by atoms with van der Waals surface area (Å²) in [6.45, 7) is -0.131. The van der Waals surface area contributed by atoms with Crippen molar-refractivity contribution >= 4 is 16.9 Å². The van der Waals surface area contributed by atoms with Gasteiger partial charge in [0.05, 0.1) is 6.54 Å². The van der Waals surface area contributed by atoms with Gasteiger partial charge in [0, 0.05) is 59.6 Å². The van der Waals surface area contributed by atoms with E-state index in [4.69, 9.17) is 10.2 Å². The first-order valence-corrected chi connectivity index (χ1v) is 11.3. The van der Waals surface area contributed by atoms with Gasteiger partial charge < -0.3 is 15.1 Å². The van der Waals surface area contributed by atoms with Gasteiger partial charge in [-0.2, -0.15) is 0 Å². The number of carbonyl (C=O) groups is 1. The number of carbonyl (C=O) groups excluding carboxylic acids is 1. The van der Waals surface area contributed by atoms with Crippen LogP contribution in [0.25, 0.3) is 33.2 Å². The summed E-state index contributed by atoms with van der Waals surface area (Å²) in [5.74, 6) is -5.16. The fourth-order valence-corrected chi connectivity index (χ4v) is 4.47. The molecule has 0 saturated carbocycles. The summed E-state index contributed by atoms with van der Waals surface area (Å²) >= 11 is 0. The summed E-state index contributed by atoms with van der Waals surface area (Å²) in [5.41, 5.74) is 6.92. The minimum atomic E-state index is -2.80. The predicted molar refractivity (Wildman–Crippen MR) is 125 cm³/mol. The van der Waals surface area contributed by atoms with Crippen LogP contribution in [0.3, 0.4) is 0 Å². The van der Waals surface area contributed by atoms with Gasteiger partial charge in [0.1, 0.15) is 28.8 Å². The smallest absolute Gasteiger partial charge is 0.253 e. The van der Waals surface area contributed by atoms with E-state index in [1.165, 1.54) is 29.2 Å². The van der Waals surface area contributed by atoms with Crippen LogP contribution >= 0.6 is 0 Å². The maximum Gasteiger partial charge on any atom is 0.253 e. The van der Waals surface area contributed by atoms with Crippen molar-refractivity contribution in [2.24, 2.45) is 5.73 Å². The van der Waals surface area contributed by atoms with Crippen LogP contribution in [0.2, 0.25) is 0 Å². The lowest BCUT2D eigenvalue weighted by Crippen LogP contribution is -2.42. The number of alkyl halides is 2. The Kier molecular flexibility index (Phi) is 6.04. The highest BCUT2D eigenvalue weighted by Crippen LogP contribution is 2.38. The number of furan rings is 1. The van der Waals surface area contributed by atoms with Crippen LogP contribution in [0.15, 0.2) is 59.0 Å². The molecule has 3 aromatic carbocycles. The maximum absolute atomic E-state index is 15.3. The normalized spacial score (nSPS) is 15.4. The number of likely N-dealkylation sites (tertiary alicyclic amines) is 1. The first-order chi connectivity index (χ1) is 17.1. The predicted octanol–water partition coefficient (Wildman–Crippen LogP) is 6.51. The number of nitrogens with two attached hydrogens (primary N) is 1. The number of piperidine rings is 1. The molecule has 4 nitrogen and oxygen atoms in total. The Balaban J connectivity index is 1.55. The third-order valence-electron chi connectivity index (χ3n) is 6.40. The molecule has 9 heteroatoms. The van der Waals surface area contributed by atoms with E-state index in [-0.39, 0.29) is 41.9 Å². The Hall–Kier alpha value is -3.72. The van der Waals surface area contributed by atoms with Crippen LogP contribution in [-0.4, -0.2) is 29.8 Å². The number of benzene rings is 3. The molecule has 0 spiro atoms. The van der Waals surface area contributed by atoms with Crippen LogP contribution in [0.5, 0.6) is 0 Å². The Morgan fingerprint density at radius 3 is 2.25 bits per heavy atom. The van der Waals surface area contributed by atoms with E-state index >= 15 is 4.39 Å². The first kappa shape index (κ1) is 24.0. The van der Waals surface area contributed by atoms with Crippen molar-refractivity contribution in [2.75, 3.05) is 13.1 Å². The standard InChI is InChI=1S/C27H21F5N2O2/c28-18-2-4-21(24(30)13-18)22-11-16(9-17-10-19(14-33)36-25(17)22)20-3-1-15(12-23(20)29)26(35)34-7-5-27(31,32)6-8-34/h1-4,9-13H,5-8,14,33H2. The summed E-state index contributed by atoms with van der Waals surface area (Å²) in [7, 11) is 0. The minimum Gasteiger partial charge on any atom is -0.459 e. The van der Waals surface area contributed by atoms with Crippen molar-refractivity contribution in [3.8, 4) is 22.3 Å². The third kappa shape index (κ3) is 4.46. The summed E-state index contributed by atoms with van der Waals surface area (Å²) < 4.78 is 76.1. The zero-order chi connectivity index (χ0) is 25.6. The molecule has 2 heterocycles. The van der Waals surface area contributed by atoms with Gasteiger partial charge in [0.2, 0.25) is 0 Å². The Bertz CT molecular complexity index is 1470. The molecule has 36 heavy (non-hydrogen) atoms. The number of fused-ring (bicyclic) bond motifs is 1. The van der Waals surface area contributed by atoms with E-state index in [2.05, 4.69) is 0 Å². The van der Waals surface area contributed by atoms with Gasteiger partial charge in [-0.3, -0.25) is 4.79 Å². The van der Waals surface area contributed by atoms with Crippen molar-refractivity contribution < 1.29 is 31.2 Å². The average Bonchev–Trinajstić information content (AvgIpc) is 3.26. The van der Waals surface area contributed by atoms with Gasteiger partial charge in [-0.05, 0) is 48.0 Å². The van der Waals surface area contributed by atoms with Crippen molar-refractivity contribution in [1.29, 1.82) is 0 Å². The quantitative estimate of drug-likeness (QED) is 0.325. The molecule has 1 saturated heterocycles. The van der Waals surface area contributed by atoms with Crippen LogP contribution in [-0.2, 0) is 6.54 Å². The van der Waals surface area contributed by atoms with E-state index in [1.54, 1.807) is 12.1 Å². The number of amides is 1. The molecule has 1 aliphatic rings. The Labute approximate surface area is 203 Å². The van der Waals surface area contributed by atoms with Crippen molar-refractivity contribution in [1.82, 2.24) is 4.90 Å². The monoisotopic (exact) mass is 500 g/mol. The van der Waals surface area contributed by atoms with E-state index in [1.807, 2.05) is 0 Å². The molecular weight excluding hydrogens is 479 g/mol. The van der Waals surface area contributed by atoms with Crippen molar-refractivity contribution in [2.45, 2.75) is 25.3 Å². The van der Waals surface area contributed by atoms with Crippen molar-refractivity contribution in [3.05, 3.63) is 83.4 Å². The third-order valence-corrected chi connectivity index (χ3v) is 6.40. The lowest BCUT2D eigenvalue weighted by Gasteiger charge is -2.31. The SMILES string of the molecule is NCc1cc2cc(-c3ccc(C(=O)N4CCC(F)(F)CC4)cc3F)cc(-c3ccc(F)cc3F)c2o1. The second kappa shape index (κ2) is 9.05. The molecule has 2 N–H and O–H groups in total. The molecule has 1 fully saturated rings. The van der Waals surface area contributed by atoms with Crippen molar-refractivity contribution in [3.63, 3.8) is 0 Å². The zero-order valence-corrected chi connectivity index (χ0v) is 19.0. The van der Waals surface area contributed by atoms with Gasteiger partial charge in [0.15, 0.2) is 0 Å². The summed E-state index contributed by atoms with van der Waals surface area (Å²) in [6, 6.07) is 11.9. The molecule has 5 rings (SSSR count). The molecule has 1 amide bonds. The fourth-order valence-electron chi connectivity index (χ4n) is 4.47. The molecule has 1 aromatic heterocycles. The second-order valence-electron chi connectivity index (χ2n) is 8.83.